The fraction of sp³-hybridized carbons (Fsp3) is 0.222. The van der Waals surface area contributed by atoms with Crippen molar-refractivity contribution in [2.24, 2.45) is 9.98 Å². The molecule has 2 rings (SSSR count). The van der Waals surface area contributed by atoms with Crippen LogP contribution in [0.3, 0.4) is 0 Å². The molecule has 0 N–H and O–H groups in total. The molecule has 0 saturated carbocycles. The predicted molar refractivity (Wildman–Crippen MR) is 42.2 cm³/mol. The van der Waals surface area contributed by atoms with E-state index < -0.39 is 11.6 Å². The van der Waals surface area contributed by atoms with Crippen LogP contribution in [0.4, 0.5) is 0 Å². The summed E-state index contributed by atoms with van der Waals surface area (Å²) in [6, 6.07) is 7.04. The van der Waals surface area contributed by atoms with Crippen molar-refractivity contribution >= 4 is 5.97 Å². The largest absolute Gasteiger partial charge is 1.00 e. The van der Waals surface area contributed by atoms with Gasteiger partial charge >= 0.3 is 18.9 Å². The third-order valence-corrected chi connectivity index (χ3v) is 1.94. The van der Waals surface area contributed by atoms with Crippen LogP contribution >= 0.6 is 0 Å². The molecule has 14 heavy (non-hydrogen) atoms. The topological polar surface area (TPSA) is 64.8 Å². The molecule has 0 unspecified atom stereocenters. The Morgan fingerprint density at radius 1 is 1.29 bits per heavy atom. The minimum Gasteiger partial charge on any atom is -0.545 e. The summed E-state index contributed by atoms with van der Waals surface area (Å²) in [6.07, 6.45) is 0. The van der Waals surface area contributed by atoms with Gasteiger partial charge in [0.1, 0.15) is 0 Å². The summed E-state index contributed by atoms with van der Waals surface area (Å²) in [5.74, 6) is -1.27. The van der Waals surface area contributed by atoms with Crippen molar-refractivity contribution in [2.75, 3.05) is 0 Å². The second-order valence-electron chi connectivity index (χ2n) is 3.02. The van der Waals surface area contributed by atoms with E-state index >= 15 is 0 Å². The molecule has 5 heteroatoms. The molecular weight excluding hydrogens is 175 g/mol. The van der Waals surface area contributed by atoms with Crippen LogP contribution in [0.25, 0.3) is 0 Å². The first-order valence-electron chi connectivity index (χ1n) is 3.88. The molecule has 1 aliphatic heterocycles. The smallest absolute Gasteiger partial charge is 0.545 e. The SMILES string of the molecule is CC1(C(=O)[O-])N=c2ccccc2=N1.[Li+]. The molecule has 1 aliphatic rings. The van der Waals surface area contributed by atoms with Crippen LogP contribution in [0.15, 0.2) is 34.3 Å². The van der Waals surface area contributed by atoms with Crippen LogP contribution in [0.5, 0.6) is 0 Å². The summed E-state index contributed by atoms with van der Waals surface area (Å²) in [5, 5.41) is 11.9. The minimum absolute atomic E-state index is 0. The standard InChI is InChI=1S/C9H8N2O2.Li/c1-9(8(12)13)10-6-4-2-3-5-7(6)11-9;/h2-5H,1H3,(H,12,13);/q;+1/p-1. The monoisotopic (exact) mass is 182 g/mol. The maximum absolute atomic E-state index is 10.7. The summed E-state index contributed by atoms with van der Waals surface area (Å²) in [4.78, 5) is 18.6. The van der Waals surface area contributed by atoms with Crippen LogP contribution in [-0.2, 0) is 4.79 Å². The number of carboxylic acid groups (broad SMARTS) is 1. The number of hydrogen-bond donors (Lipinski definition) is 0. The number of rotatable bonds is 1. The molecule has 0 fully saturated rings. The zero-order chi connectivity index (χ0) is 9.47. The van der Waals surface area contributed by atoms with Gasteiger partial charge in [0.2, 0.25) is 0 Å². The van der Waals surface area contributed by atoms with E-state index in [0.29, 0.717) is 10.7 Å². The maximum Gasteiger partial charge on any atom is 1.00 e. The molecule has 66 valence electrons. The summed E-state index contributed by atoms with van der Waals surface area (Å²) >= 11 is 0. The first kappa shape index (κ1) is 11.0. The second-order valence-corrected chi connectivity index (χ2v) is 3.02. The van der Waals surface area contributed by atoms with Gasteiger partial charge in [-0.15, -0.1) is 0 Å². The average Bonchev–Trinajstić information content (AvgIpc) is 2.42. The molecule has 4 nitrogen and oxygen atoms in total. The van der Waals surface area contributed by atoms with Crippen molar-refractivity contribution in [1.82, 2.24) is 0 Å². The third-order valence-electron chi connectivity index (χ3n) is 1.94. The van der Waals surface area contributed by atoms with Gasteiger partial charge in [-0.1, -0.05) is 12.1 Å². The van der Waals surface area contributed by atoms with E-state index in [1.165, 1.54) is 6.92 Å². The van der Waals surface area contributed by atoms with E-state index in [4.69, 9.17) is 0 Å². The van der Waals surface area contributed by atoms with Crippen molar-refractivity contribution in [3.8, 4) is 0 Å². The number of aliphatic carboxylic acids is 1. The van der Waals surface area contributed by atoms with Crippen molar-refractivity contribution in [3.63, 3.8) is 0 Å². The fourth-order valence-electron chi connectivity index (χ4n) is 1.24. The van der Waals surface area contributed by atoms with Gasteiger partial charge < -0.3 is 9.90 Å². The number of para-hydroxylation sites is 2. The van der Waals surface area contributed by atoms with Gasteiger partial charge in [0.15, 0.2) is 5.66 Å². The molecule has 0 aliphatic carbocycles. The molecule has 1 heterocycles. The molecule has 0 aromatic heterocycles. The first-order valence-corrected chi connectivity index (χ1v) is 3.88. The van der Waals surface area contributed by atoms with Gasteiger partial charge in [-0.25, -0.2) is 9.98 Å². The minimum atomic E-state index is -1.44. The van der Waals surface area contributed by atoms with Crippen molar-refractivity contribution in [1.29, 1.82) is 0 Å². The number of carbonyl (C=O) groups excluding carboxylic acids is 1. The van der Waals surface area contributed by atoms with Crippen LogP contribution in [0.1, 0.15) is 6.92 Å². The Morgan fingerprint density at radius 2 is 1.71 bits per heavy atom. The number of fused-ring (bicyclic) bond motifs is 1. The fourth-order valence-corrected chi connectivity index (χ4v) is 1.24. The van der Waals surface area contributed by atoms with E-state index in [0.717, 1.165) is 0 Å². The van der Waals surface area contributed by atoms with Crippen LogP contribution in [-0.4, -0.2) is 11.6 Å². The van der Waals surface area contributed by atoms with Gasteiger partial charge in [-0.2, -0.15) is 0 Å². The zero-order valence-electron chi connectivity index (χ0n) is 8.02. The van der Waals surface area contributed by atoms with Gasteiger partial charge in [0.25, 0.3) is 0 Å². The maximum atomic E-state index is 10.7. The zero-order valence-corrected chi connectivity index (χ0v) is 8.02. The molecule has 0 atom stereocenters. The van der Waals surface area contributed by atoms with Gasteiger partial charge in [-0.3, -0.25) is 0 Å². The van der Waals surface area contributed by atoms with Crippen LogP contribution < -0.4 is 34.7 Å². The quantitative estimate of drug-likeness (QED) is 0.410. The van der Waals surface area contributed by atoms with Crippen molar-refractivity contribution < 1.29 is 28.8 Å². The molecule has 1 aromatic carbocycles. The molecule has 0 bridgehead atoms. The summed E-state index contributed by atoms with van der Waals surface area (Å²) < 4.78 is 0. The Bertz CT molecular complexity index is 449. The Kier molecular flexibility index (Phi) is 2.79. The number of carboxylic acids is 1. The second kappa shape index (κ2) is 3.56. The molecule has 0 spiro atoms. The molecule has 0 saturated heterocycles. The number of hydrogen-bond acceptors (Lipinski definition) is 4. The normalized spacial score (nSPS) is 15.8. The Hall–Kier alpha value is -1.11. The van der Waals surface area contributed by atoms with E-state index in [9.17, 15) is 9.90 Å². The summed E-state index contributed by atoms with van der Waals surface area (Å²) in [6.45, 7) is 1.42. The average molecular weight is 182 g/mol. The molecular formula is C9H7LiN2O2. The summed E-state index contributed by atoms with van der Waals surface area (Å²) in [5.41, 5.74) is -1.44. The summed E-state index contributed by atoms with van der Waals surface area (Å²) in [7, 11) is 0. The Morgan fingerprint density at radius 3 is 2.07 bits per heavy atom. The van der Waals surface area contributed by atoms with Crippen LogP contribution in [0.2, 0.25) is 0 Å². The molecule has 0 amide bonds. The number of carbonyl (C=O) groups is 1. The number of nitrogens with zero attached hydrogens (tertiary/aromatic N) is 2. The van der Waals surface area contributed by atoms with E-state index in [1.54, 1.807) is 24.3 Å². The van der Waals surface area contributed by atoms with Gasteiger partial charge in [-0.05, 0) is 19.1 Å². The van der Waals surface area contributed by atoms with Crippen molar-refractivity contribution in [3.05, 3.63) is 35.0 Å². The number of benzene rings is 1. The Balaban J connectivity index is 0.000000980. The molecule has 0 radical (unpaired) electrons. The van der Waals surface area contributed by atoms with E-state index in [1.807, 2.05) is 0 Å². The molecule has 1 aromatic rings. The third kappa shape index (κ3) is 1.59. The predicted octanol–water partition coefficient (Wildman–Crippen LogP) is -4.59. The van der Waals surface area contributed by atoms with E-state index in [-0.39, 0.29) is 18.9 Å². The van der Waals surface area contributed by atoms with Crippen LogP contribution in [0, 0.1) is 0 Å². The van der Waals surface area contributed by atoms with Crippen molar-refractivity contribution in [2.45, 2.75) is 12.6 Å². The first-order chi connectivity index (χ1) is 6.12. The van der Waals surface area contributed by atoms with Gasteiger partial charge in [0.05, 0.1) is 16.7 Å². The van der Waals surface area contributed by atoms with Gasteiger partial charge in [0, 0.05) is 0 Å². The van der Waals surface area contributed by atoms with E-state index in [2.05, 4.69) is 9.98 Å². The Labute approximate surface area is 92.6 Å².